The number of carbonyl (C=O) groups is 2. The number of rotatable bonds is 5. The molecule has 8 heteroatoms. The Kier molecular flexibility index (Phi) is 4.87. The quantitative estimate of drug-likeness (QED) is 0.522. The van der Waals surface area contributed by atoms with E-state index in [1.807, 2.05) is 0 Å². The Morgan fingerprint density at radius 1 is 1.12 bits per heavy atom. The average molecular weight is 376 g/mol. The summed E-state index contributed by atoms with van der Waals surface area (Å²) in [6.07, 6.45) is 0. The van der Waals surface area contributed by atoms with E-state index in [1.54, 1.807) is 43.5 Å². The first-order chi connectivity index (χ1) is 12.0. The molecule has 0 aliphatic rings. The lowest BCUT2D eigenvalue weighted by Gasteiger charge is -2.05. The van der Waals surface area contributed by atoms with E-state index in [-0.39, 0.29) is 11.7 Å². The molecule has 1 aromatic heterocycles. The summed E-state index contributed by atoms with van der Waals surface area (Å²) in [5.41, 5.74) is 6.95. The summed E-state index contributed by atoms with van der Waals surface area (Å²) in [5, 5.41) is 1.04. The van der Waals surface area contributed by atoms with Crippen molar-refractivity contribution in [3.63, 3.8) is 0 Å². The molecular formula is C17H14ClN3O3S. The van der Waals surface area contributed by atoms with E-state index in [0.717, 1.165) is 4.70 Å². The number of thiazole rings is 1. The van der Waals surface area contributed by atoms with E-state index in [9.17, 15) is 9.59 Å². The Morgan fingerprint density at radius 2 is 1.80 bits per heavy atom. The van der Waals surface area contributed by atoms with Gasteiger partial charge in [0.05, 0.1) is 16.8 Å². The van der Waals surface area contributed by atoms with Crippen molar-refractivity contribution in [1.29, 1.82) is 0 Å². The Morgan fingerprint density at radius 3 is 2.44 bits per heavy atom. The largest absolute Gasteiger partial charge is 0.494 e. The zero-order valence-corrected chi connectivity index (χ0v) is 15.0. The van der Waals surface area contributed by atoms with Gasteiger partial charge in [-0.05, 0) is 31.2 Å². The van der Waals surface area contributed by atoms with Crippen molar-refractivity contribution >= 4 is 50.0 Å². The second kappa shape index (κ2) is 7.08. The summed E-state index contributed by atoms with van der Waals surface area (Å²) in [6, 6.07) is 9.88. The molecule has 0 radical (unpaired) electrons. The zero-order chi connectivity index (χ0) is 18.0. The number of nitrogens with one attached hydrogen (secondary N) is 2. The molecule has 2 N–H and O–H groups in total. The van der Waals surface area contributed by atoms with Gasteiger partial charge in [0.15, 0.2) is 5.78 Å². The number of methoxy groups -OCH3 is 1. The number of carbonyl (C=O) groups excluding carboxylic acids is 2. The number of anilines is 1. The van der Waals surface area contributed by atoms with E-state index >= 15 is 0 Å². The van der Waals surface area contributed by atoms with Crippen LogP contribution in [-0.2, 0) is 0 Å². The van der Waals surface area contributed by atoms with E-state index in [0.29, 0.717) is 32.5 Å². The highest BCUT2D eigenvalue weighted by molar-refractivity contribution is 7.22. The maximum absolute atomic E-state index is 12.2. The van der Waals surface area contributed by atoms with Gasteiger partial charge in [-0.15, -0.1) is 0 Å². The van der Waals surface area contributed by atoms with Crippen LogP contribution >= 0.6 is 22.9 Å². The van der Waals surface area contributed by atoms with Gasteiger partial charge in [0.25, 0.3) is 5.91 Å². The van der Waals surface area contributed by atoms with Gasteiger partial charge in [0.1, 0.15) is 11.3 Å². The second-order valence-electron chi connectivity index (χ2n) is 5.16. The lowest BCUT2D eigenvalue weighted by molar-refractivity contribution is 0.0960. The maximum atomic E-state index is 12.2. The van der Waals surface area contributed by atoms with Crippen molar-refractivity contribution in [3.05, 3.63) is 52.5 Å². The highest BCUT2D eigenvalue weighted by Gasteiger charge is 2.13. The molecule has 0 atom stereocenters. The smallest absolute Gasteiger partial charge is 0.269 e. The summed E-state index contributed by atoms with van der Waals surface area (Å²) >= 11 is 7.47. The van der Waals surface area contributed by atoms with Crippen LogP contribution in [0, 0.1) is 0 Å². The van der Waals surface area contributed by atoms with E-state index < -0.39 is 0 Å². The van der Waals surface area contributed by atoms with Crippen molar-refractivity contribution in [2.24, 2.45) is 0 Å². The molecule has 0 fully saturated rings. The molecule has 2 aromatic carbocycles. The fourth-order valence-electron chi connectivity index (χ4n) is 2.21. The van der Waals surface area contributed by atoms with E-state index in [1.165, 1.54) is 18.3 Å². The van der Waals surface area contributed by atoms with Crippen LogP contribution in [0.5, 0.6) is 5.75 Å². The highest BCUT2D eigenvalue weighted by atomic mass is 35.5. The predicted octanol–water partition coefficient (Wildman–Crippen LogP) is 3.92. The number of hydrazine groups is 1. The summed E-state index contributed by atoms with van der Waals surface area (Å²) < 4.78 is 6.03. The minimum absolute atomic E-state index is 0.0506. The molecule has 0 saturated heterocycles. The van der Waals surface area contributed by atoms with E-state index in [4.69, 9.17) is 16.3 Å². The van der Waals surface area contributed by atoms with Crippen LogP contribution in [-0.4, -0.2) is 23.8 Å². The van der Waals surface area contributed by atoms with Gasteiger partial charge in [0.2, 0.25) is 5.13 Å². The fourth-order valence-corrected chi connectivity index (χ4v) is 3.32. The van der Waals surface area contributed by atoms with Crippen LogP contribution in [0.3, 0.4) is 0 Å². The number of nitrogens with zero attached hydrogens (tertiary/aromatic N) is 1. The van der Waals surface area contributed by atoms with Gasteiger partial charge < -0.3 is 4.74 Å². The standard InChI is InChI=1S/C17H14ClN3O3S/c1-9(22)10-3-5-11(6-4-10)16(23)20-21-17-19-14-13(24-2)8-7-12(18)15(14)25-17/h3-8H,1-2H3,(H,19,21)(H,20,23). The number of ether oxygens (including phenoxy) is 1. The molecule has 1 amide bonds. The number of fused-ring (bicyclic) bond motifs is 1. The Hall–Kier alpha value is -2.64. The first-order valence-corrected chi connectivity index (χ1v) is 8.49. The first kappa shape index (κ1) is 17.2. The Labute approximate surface area is 152 Å². The predicted molar refractivity (Wildman–Crippen MR) is 98.7 cm³/mol. The molecule has 0 aliphatic carbocycles. The van der Waals surface area contributed by atoms with Crippen LogP contribution in [0.25, 0.3) is 10.2 Å². The maximum Gasteiger partial charge on any atom is 0.269 e. The van der Waals surface area contributed by atoms with Crippen LogP contribution < -0.4 is 15.6 Å². The summed E-state index contributed by atoms with van der Waals surface area (Å²) in [6.45, 7) is 1.48. The van der Waals surface area contributed by atoms with Crippen LogP contribution in [0.4, 0.5) is 5.13 Å². The lowest BCUT2D eigenvalue weighted by Crippen LogP contribution is -2.29. The molecule has 0 saturated carbocycles. The number of hydrogen-bond acceptors (Lipinski definition) is 6. The third kappa shape index (κ3) is 3.57. The third-order valence-corrected chi connectivity index (χ3v) is 4.95. The number of amides is 1. The molecule has 0 spiro atoms. The number of aromatic nitrogens is 1. The van der Waals surface area contributed by atoms with Crippen molar-refractivity contribution in [1.82, 2.24) is 10.4 Å². The molecular weight excluding hydrogens is 362 g/mol. The minimum atomic E-state index is -0.340. The number of ketones is 1. The zero-order valence-electron chi connectivity index (χ0n) is 13.4. The number of halogens is 1. The highest BCUT2D eigenvalue weighted by Crippen LogP contribution is 2.37. The summed E-state index contributed by atoms with van der Waals surface area (Å²) in [4.78, 5) is 27.8. The first-order valence-electron chi connectivity index (χ1n) is 7.30. The molecule has 6 nitrogen and oxygen atoms in total. The van der Waals surface area contributed by atoms with Gasteiger partial charge in [0, 0.05) is 11.1 Å². The van der Waals surface area contributed by atoms with E-state index in [2.05, 4.69) is 15.8 Å². The molecule has 3 rings (SSSR count). The monoisotopic (exact) mass is 375 g/mol. The van der Waals surface area contributed by atoms with Crippen LogP contribution in [0.1, 0.15) is 27.6 Å². The average Bonchev–Trinajstić information content (AvgIpc) is 3.05. The summed E-state index contributed by atoms with van der Waals surface area (Å²) in [5.74, 6) is 0.215. The van der Waals surface area contributed by atoms with Gasteiger partial charge in [-0.25, -0.2) is 4.98 Å². The normalized spacial score (nSPS) is 10.5. The molecule has 3 aromatic rings. The van der Waals surface area contributed by atoms with Crippen molar-refractivity contribution in [2.45, 2.75) is 6.92 Å². The van der Waals surface area contributed by atoms with Crippen molar-refractivity contribution in [3.8, 4) is 5.75 Å². The van der Waals surface area contributed by atoms with Crippen LogP contribution in [0.15, 0.2) is 36.4 Å². The number of Topliss-reactive ketones (excluding diaryl/α,β-unsaturated/α-hetero) is 1. The fraction of sp³-hybridized carbons (Fsp3) is 0.118. The number of benzene rings is 2. The Balaban J connectivity index is 1.75. The van der Waals surface area contributed by atoms with Gasteiger partial charge >= 0.3 is 0 Å². The van der Waals surface area contributed by atoms with Gasteiger partial charge in [-0.1, -0.05) is 35.1 Å². The van der Waals surface area contributed by atoms with Gasteiger partial charge in [-0.2, -0.15) is 0 Å². The SMILES string of the molecule is COc1ccc(Cl)c2sc(NNC(=O)c3ccc(C(C)=O)cc3)nc12. The van der Waals surface area contributed by atoms with Crippen LogP contribution in [0.2, 0.25) is 5.02 Å². The molecule has 25 heavy (non-hydrogen) atoms. The summed E-state index contributed by atoms with van der Waals surface area (Å²) in [7, 11) is 1.56. The Bertz CT molecular complexity index is 954. The van der Waals surface area contributed by atoms with Gasteiger partial charge in [-0.3, -0.25) is 20.4 Å². The van der Waals surface area contributed by atoms with Crippen molar-refractivity contribution < 1.29 is 14.3 Å². The minimum Gasteiger partial charge on any atom is -0.494 e. The molecule has 0 aliphatic heterocycles. The molecule has 0 bridgehead atoms. The molecule has 1 heterocycles. The number of hydrogen-bond donors (Lipinski definition) is 2. The molecule has 0 unspecified atom stereocenters. The molecule has 128 valence electrons. The lowest BCUT2D eigenvalue weighted by atomic mass is 10.1. The second-order valence-corrected chi connectivity index (χ2v) is 6.57. The third-order valence-electron chi connectivity index (χ3n) is 3.51. The van der Waals surface area contributed by atoms with Crippen molar-refractivity contribution in [2.75, 3.05) is 12.5 Å². The topological polar surface area (TPSA) is 80.3 Å².